The lowest BCUT2D eigenvalue weighted by Crippen LogP contribution is -2.54. The highest BCUT2D eigenvalue weighted by Gasteiger charge is 2.22. The quantitative estimate of drug-likeness (QED) is 0.0829. The molecule has 0 spiro atoms. The lowest BCUT2D eigenvalue weighted by molar-refractivity contribution is -0.138. The number of aliphatic hydroxyl groups is 2. The summed E-state index contributed by atoms with van der Waals surface area (Å²) in [5, 5.41) is 41.5. The van der Waals surface area contributed by atoms with Crippen molar-refractivity contribution in [3.8, 4) is 0 Å². The summed E-state index contributed by atoms with van der Waals surface area (Å²) in [6, 6.07) is -2.83. The minimum atomic E-state index is -1.49. The van der Waals surface area contributed by atoms with Crippen molar-refractivity contribution in [1.29, 1.82) is 0 Å². The van der Waals surface area contributed by atoms with Gasteiger partial charge in [0.1, 0.15) is 18.6 Å². The van der Waals surface area contributed by atoms with Gasteiger partial charge in [0.05, 0.1) is 45.9 Å². The number of carbonyl (C=O) groups is 8. The van der Waals surface area contributed by atoms with E-state index in [1.165, 1.54) is 0 Å². The first kappa shape index (κ1) is 32.6. The van der Waals surface area contributed by atoms with Gasteiger partial charge in [-0.2, -0.15) is 0 Å². The average molecular weight is 534 g/mol. The van der Waals surface area contributed by atoms with Crippen LogP contribution < -0.4 is 43.0 Å². The Balaban J connectivity index is 4.36. The first-order chi connectivity index (χ1) is 17.4. The second-order valence-electron chi connectivity index (χ2n) is 6.97. The molecule has 0 aliphatic rings. The molecule has 0 rings (SSSR count). The van der Waals surface area contributed by atoms with Crippen molar-refractivity contribution in [3.63, 3.8) is 0 Å². The van der Waals surface area contributed by atoms with Gasteiger partial charge in [0.2, 0.25) is 41.4 Å². The molecular formula is C18H30N8O11. The number of hydrogen-bond donors (Lipinski definition) is 11. The Morgan fingerprint density at radius 3 is 1.27 bits per heavy atom. The summed E-state index contributed by atoms with van der Waals surface area (Å²) in [5.74, 6) is -7.18. The van der Waals surface area contributed by atoms with E-state index in [2.05, 4.69) is 31.9 Å². The van der Waals surface area contributed by atoms with Crippen molar-refractivity contribution in [1.82, 2.24) is 37.2 Å². The summed E-state index contributed by atoms with van der Waals surface area (Å²) >= 11 is 0. The molecule has 0 aromatic rings. The number of carbonyl (C=O) groups excluding carboxylic acids is 7. The molecule has 0 aliphatic heterocycles. The molecule has 19 heteroatoms. The fourth-order valence-corrected chi connectivity index (χ4v) is 2.19. The number of carboxylic acids is 1. The fourth-order valence-electron chi connectivity index (χ4n) is 2.19. The fraction of sp³-hybridized carbons (Fsp3) is 0.556. The lowest BCUT2D eigenvalue weighted by atomic mass is 10.2. The third-order valence-corrected chi connectivity index (χ3v) is 4.03. The van der Waals surface area contributed by atoms with Gasteiger partial charge in [0.25, 0.3) is 0 Å². The summed E-state index contributed by atoms with van der Waals surface area (Å²) in [6.07, 6.45) is 0. The van der Waals surface area contributed by atoms with E-state index in [-0.39, 0.29) is 0 Å². The molecule has 37 heavy (non-hydrogen) atoms. The van der Waals surface area contributed by atoms with E-state index in [4.69, 9.17) is 15.9 Å². The van der Waals surface area contributed by atoms with Crippen molar-refractivity contribution < 1.29 is 53.7 Å². The summed E-state index contributed by atoms with van der Waals surface area (Å²) in [6.45, 7) is -5.13. The van der Waals surface area contributed by atoms with E-state index in [1.54, 1.807) is 0 Å². The topological polar surface area (TPSA) is 307 Å². The second kappa shape index (κ2) is 18.0. The van der Waals surface area contributed by atoms with Gasteiger partial charge in [-0.1, -0.05) is 0 Å². The first-order valence-corrected chi connectivity index (χ1v) is 10.5. The van der Waals surface area contributed by atoms with Crippen LogP contribution in [0.15, 0.2) is 0 Å². The van der Waals surface area contributed by atoms with Crippen molar-refractivity contribution in [2.45, 2.75) is 12.1 Å². The zero-order chi connectivity index (χ0) is 28.4. The highest BCUT2D eigenvalue weighted by molar-refractivity contribution is 5.94. The number of carboxylic acid groups (broad SMARTS) is 1. The number of nitrogens with two attached hydrogens (primary N) is 1. The van der Waals surface area contributed by atoms with Gasteiger partial charge in [0.15, 0.2) is 0 Å². The van der Waals surface area contributed by atoms with E-state index >= 15 is 0 Å². The molecule has 0 fully saturated rings. The molecule has 0 bridgehead atoms. The molecule has 0 aliphatic carbocycles. The molecule has 0 saturated carbocycles. The molecule has 19 nitrogen and oxygen atoms in total. The minimum Gasteiger partial charge on any atom is -0.480 e. The normalized spacial score (nSPS) is 11.6. The Morgan fingerprint density at radius 1 is 0.541 bits per heavy atom. The summed E-state index contributed by atoms with van der Waals surface area (Å²) in [5.41, 5.74) is 5.08. The highest BCUT2D eigenvalue weighted by atomic mass is 16.4. The van der Waals surface area contributed by atoms with Crippen LogP contribution in [0, 0.1) is 0 Å². The van der Waals surface area contributed by atoms with E-state index < -0.39 is 112 Å². The van der Waals surface area contributed by atoms with E-state index in [9.17, 15) is 43.5 Å². The molecule has 208 valence electrons. The summed E-state index contributed by atoms with van der Waals surface area (Å²) < 4.78 is 0. The van der Waals surface area contributed by atoms with Crippen molar-refractivity contribution in [3.05, 3.63) is 0 Å². The Labute approximate surface area is 209 Å². The van der Waals surface area contributed by atoms with Crippen LogP contribution in [0.3, 0.4) is 0 Å². The zero-order valence-corrected chi connectivity index (χ0v) is 19.5. The van der Waals surface area contributed by atoms with Gasteiger partial charge in [-0.25, -0.2) is 0 Å². The van der Waals surface area contributed by atoms with Gasteiger partial charge in [-0.15, -0.1) is 0 Å². The predicted octanol–water partition coefficient (Wildman–Crippen LogP) is -8.44. The van der Waals surface area contributed by atoms with Gasteiger partial charge in [-0.3, -0.25) is 38.4 Å². The van der Waals surface area contributed by atoms with Crippen molar-refractivity contribution in [2.24, 2.45) is 5.73 Å². The maximum Gasteiger partial charge on any atom is 0.322 e. The Morgan fingerprint density at radius 2 is 0.892 bits per heavy atom. The summed E-state index contributed by atoms with van der Waals surface area (Å²) in [7, 11) is 0. The number of nitrogens with one attached hydrogen (secondary N) is 7. The molecule has 2 atom stereocenters. The Kier molecular flexibility index (Phi) is 15.9. The molecular weight excluding hydrogens is 504 g/mol. The summed E-state index contributed by atoms with van der Waals surface area (Å²) in [4.78, 5) is 92.1. The number of amides is 7. The molecule has 12 N–H and O–H groups in total. The van der Waals surface area contributed by atoms with E-state index in [0.29, 0.717) is 0 Å². The molecule has 0 aromatic carbocycles. The van der Waals surface area contributed by atoms with Gasteiger partial charge >= 0.3 is 5.97 Å². The minimum absolute atomic E-state index is 0.422. The maximum absolute atomic E-state index is 12.0. The van der Waals surface area contributed by atoms with Crippen LogP contribution in [0.1, 0.15) is 0 Å². The van der Waals surface area contributed by atoms with Crippen molar-refractivity contribution >= 4 is 47.3 Å². The highest BCUT2D eigenvalue weighted by Crippen LogP contribution is 1.85. The van der Waals surface area contributed by atoms with Crippen molar-refractivity contribution in [2.75, 3.05) is 52.5 Å². The Hall–Kier alpha value is -4.36. The largest absolute Gasteiger partial charge is 0.480 e. The molecule has 0 aromatic heterocycles. The number of rotatable bonds is 17. The number of aliphatic hydroxyl groups excluding tert-OH is 2. The zero-order valence-electron chi connectivity index (χ0n) is 19.5. The van der Waals surface area contributed by atoms with Crippen LogP contribution in [-0.2, 0) is 38.4 Å². The predicted molar refractivity (Wildman–Crippen MR) is 120 cm³/mol. The standard InChI is InChI=1S/C18H30N8O11/c19-1-11(29)25-9(7-27)17(36)23-4-14(32)21-5-15(33)26-10(8-28)18(37)24-3-13(31)20-2-12(30)22-6-16(34)35/h9-10,27-28H,1-8,19H2,(H,20,31)(H,21,32)(H,22,30)(H,23,36)(H,24,37)(H,25,29)(H,26,33)(H,34,35)/t9-,10-/m0/s1. The Bertz CT molecular complexity index is 867. The van der Waals surface area contributed by atoms with Gasteiger partial charge in [-0.05, 0) is 0 Å². The smallest absolute Gasteiger partial charge is 0.322 e. The third-order valence-electron chi connectivity index (χ3n) is 4.03. The van der Waals surface area contributed by atoms with Crippen LogP contribution in [-0.4, -0.2) is 127 Å². The molecule has 7 amide bonds. The lowest BCUT2D eigenvalue weighted by Gasteiger charge is -2.17. The first-order valence-electron chi connectivity index (χ1n) is 10.5. The van der Waals surface area contributed by atoms with Gasteiger partial charge in [0, 0.05) is 0 Å². The average Bonchev–Trinajstić information content (AvgIpc) is 2.87. The SMILES string of the molecule is NCC(=O)N[C@@H](CO)C(=O)NCC(=O)NCC(=O)N[C@@H](CO)C(=O)NCC(=O)NCC(=O)NCC(=O)O. The molecule has 0 radical (unpaired) electrons. The van der Waals surface area contributed by atoms with Crippen LogP contribution >= 0.6 is 0 Å². The van der Waals surface area contributed by atoms with Crippen LogP contribution in [0.5, 0.6) is 0 Å². The molecule has 0 saturated heterocycles. The molecule has 0 unspecified atom stereocenters. The van der Waals surface area contributed by atoms with Crippen LogP contribution in [0.25, 0.3) is 0 Å². The monoisotopic (exact) mass is 534 g/mol. The van der Waals surface area contributed by atoms with E-state index in [0.717, 1.165) is 0 Å². The van der Waals surface area contributed by atoms with Gasteiger partial charge < -0.3 is 58.3 Å². The molecule has 0 heterocycles. The third kappa shape index (κ3) is 15.3. The number of aliphatic carboxylic acids is 1. The van der Waals surface area contributed by atoms with Crippen LogP contribution in [0.4, 0.5) is 0 Å². The van der Waals surface area contributed by atoms with E-state index in [1.807, 2.05) is 5.32 Å². The second-order valence-corrected chi connectivity index (χ2v) is 6.97. The number of hydrogen-bond acceptors (Lipinski definition) is 11. The van der Waals surface area contributed by atoms with Crippen LogP contribution in [0.2, 0.25) is 0 Å². The maximum atomic E-state index is 12.0.